The first-order chi connectivity index (χ1) is 10.2. The first kappa shape index (κ1) is 15.2. The highest BCUT2D eigenvalue weighted by molar-refractivity contribution is 6.30. The largest absolute Gasteiger partial charge is 0.496 e. The molecular weight excluding hydrogens is 288 g/mol. The monoisotopic (exact) mass is 304 g/mol. The summed E-state index contributed by atoms with van der Waals surface area (Å²) in [6.45, 7) is 0.573. The molecule has 0 heterocycles. The van der Waals surface area contributed by atoms with Crippen molar-refractivity contribution < 1.29 is 9.47 Å². The van der Waals surface area contributed by atoms with Gasteiger partial charge < -0.3 is 14.9 Å². The fourth-order valence-electron chi connectivity index (χ4n) is 1.90. The Bertz CT molecular complexity index is 629. The second-order valence-electron chi connectivity index (χ2n) is 4.29. The van der Waals surface area contributed by atoms with Crippen molar-refractivity contribution in [3.8, 4) is 11.5 Å². The molecule has 4 nitrogen and oxygen atoms in total. The summed E-state index contributed by atoms with van der Waals surface area (Å²) in [5, 5.41) is 4.83. The minimum atomic E-state index is 0.573. The number of para-hydroxylation sites is 1. The van der Waals surface area contributed by atoms with Gasteiger partial charge in [-0.2, -0.15) is 5.10 Å². The van der Waals surface area contributed by atoms with Gasteiger partial charge in [-0.15, -0.1) is 0 Å². The molecule has 0 radical (unpaired) electrons. The molecule has 0 aliphatic heterocycles. The van der Waals surface area contributed by atoms with Crippen LogP contribution in [0.25, 0.3) is 0 Å². The molecule has 0 amide bonds. The average molecular weight is 305 g/mol. The van der Waals surface area contributed by atoms with Gasteiger partial charge in [0.15, 0.2) is 0 Å². The fraction of sp³-hybridized carbons (Fsp3) is 0.188. The molecule has 21 heavy (non-hydrogen) atoms. The molecular formula is C16H17ClN2O2. The Morgan fingerprint density at radius 2 is 1.86 bits per heavy atom. The third kappa shape index (κ3) is 4.13. The lowest BCUT2D eigenvalue weighted by Gasteiger charge is -2.07. The maximum absolute atomic E-state index is 5.97. The number of ether oxygens (including phenoxy) is 2. The van der Waals surface area contributed by atoms with E-state index in [-0.39, 0.29) is 0 Å². The van der Waals surface area contributed by atoms with Gasteiger partial charge in [-0.25, -0.2) is 0 Å². The van der Waals surface area contributed by atoms with Crippen LogP contribution in [-0.2, 0) is 6.54 Å². The summed E-state index contributed by atoms with van der Waals surface area (Å²) in [7, 11) is 3.27. The third-order valence-corrected chi connectivity index (χ3v) is 3.18. The second-order valence-corrected chi connectivity index (χ2v) is 4.73. The number of benzene rings is 2. The van der Waals surface area contributed by atoms with Gasteiger partial charge in [-0.1, -0.05) is 29.8 Å². The van der Waals surface area contributed by atoms with Crippen LogP contribution in [0.2, 0.25) is 5.02 Å². The van der Waals surface area contributed by atoms with Crippen LogP contribution in [0.3, 0.4) is 0 Å². The summed E-state index contributed by atoms with van der Waals surface area (Å²) in [4.78, 5) is 0. The van der Waals surface area contributed by atoms with E-state index in [0.29, 0.717) is 11.6 Å². The van der Waals surface area contributed by atoms with Crippen molar-refractivity contribution in [2.75, 3.05) is 14.2 Å². The standard InChI is InChI=1S/C16H17ClN2O2/c1-20-15-6-4-3-5-12(15)10-18-19-11-13-9-14(17)7-8-16(13)21-2/h3-9,11,18H,10H2,1-2H3/b19-11+. The summed E-state index contributed by atoms with van der Waals surface area (Å²) in [5.41, 5.74) is 4.84. The SMILES string of the molecule is COc1ccc(Cl)cc1/C=N/NCc1ccccc1OC. The van der Waals surface area contributed by atoms with Crippen LogP contribution < -0.4 is 14.9 Å². The normalized spacial score (nSPS) is 10.6. The Morgan fingerprint density at radius 3 is 2.62 bits per heavy atom. The number of nitrogens with one attached hydrogen (secondary N) is 1. The zero-order valence-electron chi connectivity index (χ0n) is 12.0. The van der Waals surface area contributed by atoms with Crippen molar-refractivity contribution in [1.82, 2.24) is 5.43 Å². The van der Waals surface area contributed by atoms with E-state index in [1.54, 1.807) is 32.6 Å². The lowest BCUT2D eigenvalue weighted by molar-refractivity contribution is 0.408. The quantitative estimate of drug-likeness (QED) is 0.656. The number of hydrogen-bond acceptors (Lipinski definition) is 4. The molecule has 110 valence electrons. The Hall–Kier alpha value is -2.20. The van der Waals surface area contributed by atoms with Gasteiger partial charge in [0.25, 0.3) is 0 Å². The second kappa shape index (κ2) is 7.55. The smallest absolute Gasteiger partial charge is 0.127 e. The van der Waals surface area contributed by atoms with Crippen molar-refractivity contribution in [3.05, 3.63) is 58.6 Å². The average Bonchev–Trinajstić information content (AvgIpc) is 2.52. The number of rotatable bonds is 6. The molecule has 0 saturated heterocycles. The van der Waals surface area contributed by atoms with Gasteiger partial charge in [0.05, 0.1) is 27.0 Å². The van der Waals surface area contributed by atoms with Crippen molar-refractivity contribution in [1.29, 1.82) is 0 Å². The Kier molecular flexibility index (Phi) is 5.46. The van der Waals surface area contributed by atoms with E-state index in [0.717, 1.165) is 22.6 Å². The van der Waals surface area contributed by atoms with E-state index in [1.807, 2.05) is 30.3 Å². The summed E-state index contributed by atoms with van der Waals surface area (Å²) >= 11 is 5.97. The maximum atomic E-state index is 5.97. The highest BCUT2D eigenvalue weighted by Crippen LogP contribution is 2.21. The Balaban J connectivity index is 2.01. The zero-order chi connectivity index (χ0) is 15.1. The molecule has 2 rings (SSSR count). The summed E-state index contributed by atoms with van der Waals surface area (Å²) < 4.78 is 10.5. The number of halogens is 1. The van der Waals surface area contributed by atoms with E-state index < -0.39 is 0 Å². The molecule has 0 fully saturated rings. The molecule has 0 aliphatic carbocycles. The van der Waals surface area contributed by atoms with E-state index >= 15 is 0 Å². The van der Waals surface area contributed by atoms with E-state index in [4.69, 9.17) is 21.1 Å². The molecule has 0 atom stereocenters. The van der Waals surface area contributed by atoms with Crippen LogP contribution in [0.1, 0.15) is 11.1 Å². The first-order valence-electron chi connectivity index (χ1n) is 6.46. The fourth-order valence-corrected chi connectivity index (χ4v) is 2.08. The highest BCUT2D eigenvalue weighted by Gasteiger charge is 2.02. The molecule has 0 bridgehead atoms. The van der Waals surface area contributed by atoms with Crippen molar-refractivity contribution in [2.45, 2.75) is 6.54 Å². The molecule has 2 aromatic rings. The van der Waals surface area contributed by atoms with E-state index in [1.165, 1.54) is 0 Å². The summed E-state index contributed by atoms with van der Waals surface area (Å²) in [6, 6.07) is 13.2. The lowest BCUT2D eigenvalue weighted by atomic mass is 10.2. The van der Waals surface area contributed by atoms with E-state index in [2.05, 4.69) is 10.5 Å². The minimum Gasteiger partial charge on any atom is -0.496 e. The van der Waals surface area contributed by atoms with Gasteiger partial charge in [0.1, 0.15) is 11.5 Å². The van der Waals surface area contributed by atoms with Gasteiger partial charge in [-0.05, 0) is 24.3 Å². The topological polar surface area (TPSA) is 42.8 Å². The lowest BCUT2D eigenvalue weighted by Crippen LogP contribution is -2.07. The van der Waals surface area contributed by atoms with Crippen LogP contribution in [0.15, 0.2) is 47.6 Å². The summed E-state index contributed by atoms with van der Waals surface area (Å²) in [6.07, 6.45) is 1.68. The van der Waals surface area contributed by atoms with Gasteiger partial charge >= 0.3 is 0 Å². The number of hydrazone groups is 1. The van der Waals surface area contributed by atoms with Crippen LogP contribution in [-0.4, -0.2) is 20.4 Å². The van der Waals surface area contributed by atoms with Crippen LogP contribution in [0.4, 0.5) is 0 Å². The van der Waals surface area contributed by atoms with Crippen molar-refractivity contribution in [2.24, 2.45) is 5.10 Å². The van der Waals surface area contributed by atoms with Gasteiger partial charge in [0.2, 0.25) is 0 Å². The molecule has 2 aromatic carbocycles. The number of methoxy groups -OCH3 is 2. The third-order valence-electron chi connectivity index (χ3n) is 2.95. The maximum Gasteiger partial charge on any atom is 0.127 e. The van der Waals surface area contributed by atoms with Gasteiger partial charge in [0, 0.05) is 16.1 Å². The van der Waals surface area contributed by atoms with Crippen LogP contribution in [0, 0.1) is 0 Å². The predicted molar refractivity (Wildman–Crippen MR) is 85.4 cm³/mol. The number of hydrogen-bond donors (Lipinski definition) is 1. The molecule has 5 heteroatoms. The van der Waals surface area contributed by atoms with Crippen LogP contribution in [0.5, 0.6) is 11.5 Å². The summed E-state index contributed by atoms with van der Waals surface area (Å²) in [5.74, 6) is 1.56. The number of nitrogens with zero attached hydrogens (tertiary/aromatic N) is 1. The highest BCUT2D eigenvalue weighted by atomic mass is 35.5. The molecule has 0 spiro atoms. The molecule has 1 N–H and O–H groups in total. The molecule has 0 unspecified atom stereocenters. The minimum absolute atomic E-state index is 0.573. The zero-order valence-corrected chi connectivity index (χ0v) is 12.7. The Labute approximate surface area is 129 Å². The van der Waals surface area contributed by atoms with Crippen molar-refractivity contribution >= 4 is 17.8 Å². The first-order valence-corrected chi connectivity index (χ1v) is 6.83. The molecule has 0 aliphatic rings. The molecule has 0 saturated carbocycles. The molecule has 0 aromatic heterocycles. The van der Waals surface area contributed by atoms with E-state index in [9.17, 15) is 0 Å². The Morgan fingerprint density at radius 1 is 1.10 bits per heavy atom. The van der Waals surface area contributed by atoms with Gasteiger partial charge in [-0.3, -0.25) is 0 Å². The van der Waals surface area contributed by atoms with Crippen LogP contribution >= 0.6 is 11.6 Å². The predicted octanol–water partition coefficient (Wildman–Crippen LogP) is 3.48. The van der Waals surface area contributed by atoms with Crippen molar-refractivity contribution in [3.63, 3.8) is 0 Å².